The Kier molecular flexibility index (Phi) is 4.22. The van der Waals surface area contributed by atoms with Crippen molar-refractivity contribution in [2.24, 2.45) is 0 Å². The summed E-state index contributed by atoms with van der Waals surface area (Å²) in [7, 11) is -6.57. The normalized spacial score (nSPS) is 17.9. The number of hydrogen-bond acceptors (Lipinski definition) is 4. The van der Waals surface area contributed by atoms with E-state index in [1.807, 2.05) is 25.1 Å². The molecule has 0 unspecified atom stereocenters. The Balaban J connectivity index is 2.04. The largest absolute Gasteiger partial charge is 0.228 e. The van der Waals surface area contributed by atoms with E-state index >= 15 is 0 Å². The van der Waals surface area contributed by atoms with E-state index in [0.717, 1.165) is 11.1 Å². The SMILES string of the molecule is CCS(=O)(=O)C1CN(S(=O)(=O)Cc2cccc(C)c2)C1. The van der Waals surface area contributed by atoms with Crippen molar-refractivity contribution in [3.63, 3.8) is 0 Å². The minimum atomic E-state index is -3.43. The van der Waals surface area contributed by atoms with E-state index in [9.17, 15) is 16.8 Å². The molecule has 0 radical (unpaired) electrons. The van der Waals surface area contributed by atoms with Crippen LogP contribution < -0.4 is 0 Å². The Labute approximate surface area is 120 Å². The number of hydrogen-bond donors (Lipinski definition) is 0. The molecule has 1 fully saturated rings. The zero-order valence-electron chi connectivity index (χ0n) is 11.6. The van der Waals surface area contributed by atoms with Gasteiger partial charge in [-0.2, -0.15) is 4.31 Å². The van der Waals surface area contributed by atoms with Crippen LogP contribution in [0.3, 0.4) is 0 Å². The number of sulfone groups is 1. The molecule has 0 amide bonds. The third-order valence-electron chi connectivity index (χ3n) is 3.55. The monoisotopic (exact) mass is 317 g/mol. The summed E-state index contributed by atoms with van der Waals surface area (Å²) in [6.45, 7) is 3.66. The molecule has 0 bridgehead atoms. The Morgan fingerprint density at radius 2 is 1.85 bits per heavy atom. The highest BCUT2D eigenvalue weighted by Gasteiger charge is 2.41. The topological polar surface area (TPSA) is 71.5 Å². The minimum Gasteiger partial charge on any atom is -0.228 e. The van der Waals surface area contributed by atoms with Crippen LogP contribution >= 0.6 is 0 Å². The first kappa shape index (κ1) is 15.5. The van der Waals surface area contributed by atoms with Gasteiger partial charge < -0.3 is 0 Å². The summed E-state index contributed by atoms with van der Waals surface area (Å²) in [5, 5.41) is -0.542. The van der Waals surface area contributed by atoms with E-state index in [1.165, 1.54) is 4.31 Å². The van der Waals surface area contributed by atoms with Gasteiger partial charge in [-0.25, -0.2) is 16.8 Å². The maximum absolute atomic E-state index is 12.2. The zero-order chi connectivity index (χ0) is 15.0. The van der Waals surface area contributed by atoms with Gasteiger partial charge >= 0.3 is 0 Å². The molecule has 1 saturated heterocycles. The third-order valence-corrected chi connectivity index (χ3v) is 7.45. The van der Waals surface area contributed by atoms with Crippen molar-refractivity contribution >= 4 is 19.9 Å². The molecule has 7 heteroatoms. The first-order valence-corrected chi connectivity index (χ1v) is 9.82. The molecule has 5 nitrogen and oxygen atoms in total. The molecule has 112 valence electrons. The zero-order valence-corrected chi connectivity index (χ0v) is 13.2. The first-order chi connectivity index (χ1) is 9.24. The lowest BCUT2D eigenvalue weighted by Gasteiger charge is -2.37. The average Bonchev–Trinajstić information content (AvgIpc) is 2.25. The van der Waals surface area contributed by atoms with Crippen molar-refractivity contribution in [2.45, 2.75) is 24.9 Å². The van der Waals surface area contributed by atoms with Crippen molar-refractivity contribution < 1.29 is 16.8 Å². The summed E-state index contributed by atoms with van der Waals surface area (Å²) >= 11 is 0. The van der Waals surface area contributed by atoms with Crippen LogP contribution in [0.2, 0.25) is 0 Å². The highest BCUT2D eigenvalue weighted by molar-refractivity contribution is 7.92. The van der Waals surface area contributed by atoms with Crippen LogP contribution in [0.1, 0.15) is 18.1 Å². The molecular formula is C13H19NO4S2. The van der Waals surface area contributed by atoms with Crippen LogP contribution in [0.25, 0.3) is 0 Å². The molecule has 0 atom stereocenters. The second-order valence-electron chi connectivity index (χ2n) is 5.14. The second-order valence-corrected chi connectivity index (χ2v) is 9.67. The molecule has 1 aromatic rings. The van der Waals surface area contributed by atoms with Gasteiger partial charge in [0.2, 0.25) is 10.0 Å². The summed E-state index contributed by atoms with van der Waals surface area (Å²) in [5.41, 5.74) is 1.74. The standard InChI is InChI=1S/C13H19NO4S2/c1-3-19(15,16)13-8-14(9-13)20(17,18)10-12-6-4-5-11(2)7-12/h4-7,13H,3,8-10H2,1-2H3. The predicted molar refractivity (Wildman–Crippen MR) is 78.6 cm³/mol. The van der Waals surface area contributed by atoms with Crippen molar-refractivity contribution in [2.75, 3.05) is 18.8 Å². The highest BCUT2D eigenvalue weighted by Crippen LogP contribution is 2.23. The number of nitrogens with zero attached hydrogens (tertiary/aromatic N) is 1. The smallest absolute Gasteiger partial charge is 0.218 e. The van der Waals surface area contributed by atoms with E-state index in [4.69, 9.17) is 0 Å². The molecule has 1 aliphatic rings. The lowest BCUT2D eigenvalue weighted by molar-refractivity contribution is 0.309. The number of benzene rings is 1. The van der Waals surface area contributed by atoms with Crippen molar-refractivity contribution in [1.82, 2.24) is 4.31 Å². The van der Waals surface area contributed by atoms with Crippen LogP contribution in [0.5, 0.6) is 0 Å². The van der Waals surface area contributed by atoms with E-state index < -0.39 is 25.1 Å². The lowest BCUT2D eigenvalue weighted by Crippen LogP contribution is -2.57. The summed E-state index contributed by atoms with van der Waals surface area (Å²) < 4.78 is 48.9. The predicted octanol–water partition coefficient (Wildman–Crippen LogP) is 0.944. The van der Waals surface area contributed by atoms with Gasteiger partial charge in [-0.1, -0.05) is 36.8 Å². The summed E-state index contributed by atoms with van der Waals surface area (Å²) in [5.74, 6) is -0.0169. The van der Waals surface area contributed by atoms with Gasteiger partial charge in [-0.15, -0.1) is 0 Å². The number of sulfonamides is 1. The van der Waals surface area contributed by atoms with Crippen LogP contribution in [0.4, 0.5) is 0 Å². The van der Waals surface area contributed by atoms with E-state index in [0.29, 0.717) is 0 Å². The van der Waals surface area contributed by atoms with Crippen molar-refractivity contribution in [3.8, 4) is 0 Å². The van der Waals surface area contributed by atoms with E-state index in [-0.39, 0.29) is 24.6 Å². The van der Waals surface area contributed by atoms with E-state index in [2.05, 4.69) is 0 Å². The Bertz CT molecular complexity index is 689. The minimum absolute atomic E-state index is 0.0590. The quantitative estimate of drug-likeness (QED) is 0.810. The fraction of sp³-hybridized carbons (Fsp3) is 0.538. The molecule has 1 aromatic carbocycles. The van der Waals surface area contributed by atoms with Gasteiger partial charge in [0.15, 0.2) is 9.84 Å². The average molecular weight is 317 g/mol. The van der Waals surface area contributed by atoms with Crippen LogP contribution in [0, 0.1) is 6.92 Å². The Morgan fingerprint density at radius 1 is 1.20 bits per heavy atom. The number of rotatable bonds is 5. The van der Waals surface area contributed by atoms with Gasteiger partial charge in [0.05, 0.1) is 11.0 Å². The molecule has 1 heterocycles. The molecule has 0 aromatic heterocycles. The number of aryl methyl sites for hydroxylation is 1. The fourth-order valence-electron chi connectivity index (χ4n) is 2.19. The van der Waals surface area contributed by atoms with Gasteiger partial charge in [0, 0.05) is 18.8 Å². The summed E-state index contributed by atoms with van der Waals surface area (Å²) in [6, 6.07) is 7.33. The molecular weight excluding hydrogens is 298 g/mol. The maximum atomic E-state index is 12.2. The van der Waals surface area contributed by atoms with Crippen molar-refractivity contribution in [3.05, 3.63) is 35.4 Å². The van der Waals surface area contributed by atoms with Gasteiger partial charge in [0.1, 0.15) is 0 Å². The van der Waals surface area contributed by atoms with Gasteiger partial charge in [-0.3, -0.25) is 0 Å². The Morgan fingerprint density at radius 3 is 2.40 bits per heavy atom. The molecule has 0 saturated carbocycles. The highest BCUT2D eigenvalue weighted by atomic mass is 32.2. The fourth-order valence-corrected chi connectivity index (χ4v) is 5.27. The van der Waals surface area contributed by atoms with E-state index in [1.54, 1.807) is 13.0 Å². The van der Waals surface area contributed by atoms with Crippen molar-refractivity contribution in [1.29, 1.82) is 0 Å². The summed E-state index contributed by atoms with van der Waals surface area (Å²) in [4.78, 5) is 0. The van der Waals surface area contributed by atoms with Crippen LogP contribution in [-0.4, -0.2) is 45.2 Å². The van der Waals surface area contributed by atoms with Crippen LogP contribution in [-0.2, 0) is 25.6 Å². The van der Waals surface area contributed by atoms with Gasteiger partial charge in [0.25, 0.3) is 0 Å². The van der Waals surface area contributed by atoms with Crippen LogP contribution in [0.15, 0.2) is 24.3 Å². The molecule has 20 heavy (non-hydrogen) atoms. The molecule has 0 spiro atoms. The molecule has 0 N–H and O–H groups in total. The Hall–Kier alpha value is -0.920. The lowest BCUT2D eigenvalue weighted by atomic mass is 10.2. The first-order valence-electron chi connectivity index (χ1n) is 6.49. The second kappa shape index (κ2) is 5.46. The molecule has 2 rings (SSSR count). The van der Waals surface area contributed by atoms with Gasteiger partial charge in [-0.05, 0) is 12.5 Å². The molecule has 0 aliphatic carbocycles. The molecule has 1 aliphatic heterocycles. The third kappa shape index (κ3) is 3.21. The maximum Gasteiger partial charge on any atom is 0.218 e. The summed E-state index contributed by atoms with van der Waals surface area (Å²) in [6.07, 6.45) is 0.